The van der Waals surface area contributed by atoms with Crippen molar-refractivity contribution in [3.63, 3.8) is 0 Å². The molecule has 0 saturated heterocycles. The van der Waals surface area contributed by atoms with E-state index in [0.717, 1.165) is 16.5 Å². The van der Waals surface area contributed by atoms with E-state index in [0.29, 0.717) is 6.42 Å². The summed E-state index contributed by atoms with van der Waals surface area (Å²) in [5.41, 5.74) is 2.01. The van der Waals surface area contributed by atoms with Gasteiger partial charge in [-0.1, -0.05) is 13.0 Å². The molecular weight excluding hydrogens is 202 g/mol. The topological polar surface area (TPSA) is 42.2 Å². The Morgan fingerprint density at radius 2 is 2.19 bits per heavy atom. The fourth-order valence-electron chi connectivity index (χ4n) is 2.07. The standard InChI is InChI=1S/C13H15NO2/c1-3-11(13(15)16)9-4-5-12-10(8-9)6-7-14(12)2/h4-8,11H,3H2,1-2H3,(H,15,16). The van der Waals surface area contributed by atoms with Crippen molar-refractivity contribution < 1.29 is 9.90 Å². The number of nitrogens with zero attached hydrogens (tertiary/aromatic N) is 1. The van der Waals surface area contributed by atoms with E-state index in [1.54, 1.807) is 0 Å². The van der Waals surface area contributed by atoms with Gasteiger partial charge in [-0.2, -0.15) is 0 Å². The van der Waals surface area contributed by atoms with Crippen LogP contribution in [0.15, 0.2) is 30.5 Å². The summed E-state index contributed by atoms with van der Waals surface area (Å²) in [6.07, 6.45) is 2.60. The molecule has 0 aliphatic rings. The second-order valence-electron chi connectivity index (χ2n) is 4.04. The second kappa shape index (κ2) is 4.00. The second-order valence-corrected chi connectivity index (χ2v) is 4.04. The van der Waals surface area contributed by atoms with Gasteiger partial charge in [0.2, 0.25) is 0 Å². The Morgan fingerprint density at radius 3 is 2.81 bits per heavy atom. The third-order valence-corrected chi connectivity index (χ3v) is 3.02. The lowest BCUT2D eigenvalue weighted by Crippen LogP contribution is -2.10. The molecule has 1 aromatic heterocycles. The number of benzene rings is 1. The first-order valence-electron chi connectivity index (χ1n) is 5.41. The maximum Gasteiger partial charge on any atom is 0.310 e. The first-order chi connectivity index (χ1) is 7.63. The maximum atomic E-state index is 11.1. The molecule has 3 nitrogen and oxygen atoms in total. The number of aromatic nitrogens is 1. The number of hydrogen-bond donors (Lipinski definition) is 1. The first-order valence-corrected chi connectivity index (χ1v) is 5.41. The van der Waals surface area contributed by atoms with Gasteiger partial charge >= 0.3 is 5.97 Å². The fourth-order valence-corrected chi connectivity index (χ4v) is 2.07. The van der Waals surface area contributed by atoms with E-state index < -0.39 is 11.9 Å². The van der Waals surface area contributed by atoms with Crippen molar-refractivity contribution >= 4 is 16.9 Å². The van der Waals surface area contributed by atoms with Crippen molar-refractivity contribution in [2.75, 3.05) is 0 Å². The average molecular weight is 217 g/mol. The fraction of sp³-hybridized carbons (Fsp3) is 0.308. The summed E-state index contributed by atoms with van der Waals surface area (Å²) in [5, 5.41) is 10.2. The Kier molecular flexibility index (Phi) is 2.69. The highest BCUT2D eigenvalue weighted by Gasteiger charge is 2.17. The number of aliphatic carboxylic acids is 1. The number of carboxylic acids is 1. The quantitative estimate of drug-likeness (QED) is 0.859. The summed E-state index contributed by atoms with van der Waals surface area (Å²) < 4.78 is 2.03. The molecule has 1 atom stereocenters. The number of rotatable bonds is 3. The lowest BCUT2D eigenvalue weighted by atomic mass is 9.96. The number of hydrogen-bond acceptors (Lipinski definition) is 1. The van der Waals surface area contributed by atoms with Gasteiger partial charge in [-0.3, -0.25) is 4.79 Å². The Labute approximate surface area is 94.3 Å². The summed E-state index contributed by atoms with van der Waals surface area (Å²) in [6.45, 7) is 1.90. The maximum absolute atomic E-state index is 11.1. The van der Waals surface area contributed by atoms with Crippen LogP contribution in [0.2, 0.25) is 0 Å². The van der Waals surface area contributed by atoms with Gasteiger partial charge in [0.15, 0.2) is 0 Å². The molecule has 1 N–H and O–H groups in total. The van der Waals surface area contributed by atoms with Gasteiger partial charge in [0.25, 0.3) is 0 Å². The van der Waals surface area contributed by atoms with E-state index in [1.807, 2.05) is 49.0 Å². The van der Waals surface area contributed by atoms with Crippen molar-refractivity contribution in [2.24, 2.45) is 7.05 Å². The van der Waals surface area contributed by atoms with Crippen LogP contribution in [0, 0.1) is 0 Å². The Balaban J connectivity index is 2.50. The molecule has 1 aromatic carbocycles. The molecule has 2 aromatic rings. The van der Waals surface area contributed by atoms with Gasteiger partial charge in [0.1, 0.15) is 0 Å². The molecule has 0 aliphatic heterocycles. The van der Waals surface area contributed by atoms with Gasteiger partial charge in [0, 0.05) is 18.8 Å². The molecule has 0 spiro atoms. The predicted octanol–water partition coefficient (Wildman–Crippen LogP) is 2.76. The highest BCUT2D eigenvalue weighted by atomic mass is 16.4. The SMILES string of the molecule is CCC(C(=O)O)c1ccc2c(ccn2C)c1. The first kappa shape index (κ1) is 10.7. The van der Waals surface area contributed by atoms with Crippen molar-refractivity contribution in [1.82, 2.24) is 4.57 Å². The van der Waals surface area contributed by atoms with E-state index in [4.69, 9.17) is 5.11 Å². The van der Waals surface area contributed by atoms with Crippen LogP contribution in [0.25, 0.3) is 10.9 Å². The van der Waals surface area contributed by atoms with Crippen molar-refractivity contribution in [3.05, 3.63) is 36.0 Å². The van der Waals surface area contributed by atoms with E-state index in [2.05, 4.69) is 0 Å². The van der Waals surface area contributed by atoms with Gasteiger partial charge in [-0.25, -0.2) is 0 Å². The molecule has 0 amide bonds. The van der Waals surface area contributed by atoms with E-state index in [9.17, 15) is 4.79 Å². The molecule has 16 heavy (non-hydrogen) atoms. The average Bonchev–Trinajstić information content (AvgIpc) is 2.61. The minimum absolute atomic E-state index is 0.399. The highest BCUT2D eigenvalue weighted by molar-refractivity contribution is 5.83. The molecule has 84 valence electrons. The Morgan fingerprint density at radius 1 is 1.44 bits per heavy atom. The van der Waals surface area contributed by atoms with Gasteiger partial charge < -0.3 is 9.67 Å². The third kappa shape index (κ3) is 1.69. The molecule has 2 rings (SSSR count). The van der Waals surface area contributed by atoms with Crippen LogP contribution in [0.5, 0.6) is 0 Å². The third-order valence-electron chi connectivity index (χ3n) is 3.02. The minimum atomic E-state index is -0.752. The zero-order valence-electron chi connectivity index (χ0n) is 9.47. The number of aryl methyl sites for hydroxylation is 1. The van der Waals surface area contributed by atoms with Gasteiger partial charge in [0.05, 0.1) is 5.92 Å². The molecule has 1 heterocycles. The molecular formula is C13H15NO2. The zero-order chi connectivity index (χ0) is 11.7. The van der Waals surface area contributed by atoms with Crippen LogP contribution in [0.1, 0.15) is 24.8 Å². The predicted molar refractivity (Wildman–Crippen MR) is 63.6 cm³/mol. The molecule has 3 heteroatoms. The summed E-state index contributed by atoms with van der Waals surface area (Å²) in [5.74, 6) is -1.15. The van der Waals surface area contributed by atoms with Crippen molar-refractivity contribution in [1.29, 1.82) is 0 Å². The number of fused-ring (bicyclic) bond motifs is 1. The number of carbonyl (C=O) groups is 1. The molecule has 0 saturated carbocycles. The number of carboxylic acid groups (broad SMARTS) is 1. The summed E-state index contributed by atoms with van der Waals surface area (Å²) in [4.78, 5) is 11.1. The van der Waals surface area contributed by atoms with Crippen molar-refractivity contribution in [3.8, 4) is 0 Å². The lowest BCUT2D eigenvalue weighted by molar-refractivity contribution is -0.138. The van der Waals surface area contributed by atoms with Crippen LogP contribution in [0.4, 0.5) is 0 Å². The molecule has 0 radical (unpaired) electrons. The zero-order valence-corrected chi connectivity index (χ0v) is 9.47. The van der Waals surface area contributed by atoms with E-state index >= 15 is 0 Å². The summed E-state index contributed by atoms with van der Waals surface area (Å²) in [7, 11) is 1.98. The normalized spacial score (nSPS) is 12.9. The smallest absolute Gasteiger partial charge is 0.310 e. The van der Waals surface area contributed by atoms with Crippen LogP contribution >= 0.6 is 0 Å². The summed E-state index contributed by atoms with van der Waals surface area (Å²) in [6, 6.07) is 7.87. The Bertz CT molecular complexity index is 528. The molecule has 0 bridgehead atoms. The largest absolute Gasteiger partial charge is 0.481 e. The van der Waals surface area contributed by atoms with E-state index in [-0.39, 0.29) is 0 Å². The molecule has 0 aliphatic carbocycles. The van der Waals surface area contributed by atoms with Crippen LogP contribution in [0.3, 0.4) is 0 Å². The monoisotopic (exact) mass is 217 g/mol. The Hall–Kier alpha value is -1.77. The molecule has 0 fully saturated rings. The minimum Gasteiger partial charge on any atom is -0.481 e. The van der Waals surface area contributed by atoms with Gasteiger partial charge in [-0.15, -0.1) is 0 Å². The van der Waals surface area contributed by atoms with Crippen LogP contribution < -0.4 is 0 Å². The van der Waals surface area contributed by atoms with Gasteiger partial charge in [-0.05, 0) is 35.6 Å². The lowest BCUT2D eigenvalue weighted by Gasteiger charge is -2.10. The van der Waals surface area contributed by atoms with Crippen molar-refractivity contribution in [2.45, 2.75) is 19.3 Å². The highest BCUT2D eigenvalue weighted by Crippen LogP contribution is 2.24. The van der Waals surface area contributed by atoms with E-state index in [1.165, 1.54) is 0 Å². The van der Waals surface area contributed by atoms with Crippen LogP contribution in [-0.2, 0) is 11.8 Å². The molecule has 1 unspecified atom stereocenters. The van der Waals surface area contributed by atoms with Crippen LogP contribution in [-0.4, -0.2) is 15.6 Å². The summed E-state index contributed by atoms with van der Waals surface area (Å²) >= 11 is 0.